The highest BCUT2D eigenvalue weighted by atomic mass is 16.5. The zero-order chi connectivity index (χ0) is 14.9. The predicted molar refractivity (Wildman–Crippen MR) is 87.1 cm³/mol. The van der Waals surface area contributed by atoms with Crippen molar-refractivity contribution in [3.05, 3.63) is 35.4 Å². The van der Waals surface area contributed by atoms with Gasteiger partial charge >= 0.3 is 0 Å². The summed E-state index contributed by atoms with van der Waals surface area (Å²) in [6, 6.07) is 8.74. The third kappa shape index (κ3) is 5.38. The Labute approximate surface area is 127 Å². The average Bonchev–Trinajstić information content (AvgIpc) is 2.52. The summed E-state index contributed by atoms with van der Waals surface area (Å²) in [4.78, 5) is 4.48. The fourth-order valence-corrected chi connectivity index (χ4v) is 2.74. The summed E-state index contributed by atoms with van der Waals surface area (Å²) in [5.41, 5.74) is 8.38. The van der Waals surface area contributed by atoms with E-state index < -0.39 is 0 Å². The van der Waals surface area contributed by atoms with Gasteiger partial charge < -0.3 is 15.8 Å². The number of benzene rings is 1. The van der Waals surface area contributed by atoms with Crippen LogP contribution >= 0.6 is 0 Å². The van der Waals surface area contributed by atoms with E-state index in [0.29, 0.717) is 25.2 Å². The lowest BCUT2D eigenvalue weighted by atomic mass is 9.96. The van der Waals surface area contributed by atoms with Gasteiger partial charge in [0.2, 0.25) is 0 Å². The van der Waals surface area contributed by atoms with Crippen LogP contribution in [0, 0.1) is 0 Å². The maximum atomic E-state index is 6.01. The smallest absolute Gasteiger partial charge is 0.189 e. The summed E-state index contributed by atoms with van der Waals surface area (Å²) in [6.45, 7) is 3.97. The normalized spacial score (nSPS) is 16.9. The predicted octanol–water partition coefficient (Wildman–Crippen LogP) is 2.96. The Morgan fingerprint density at radius 2 is 1.95 bits per heavy atom. The Morgan fingerprint density at radius 1 is 1.24 bits per heavy atom. The van der Waals surface area contributed by atoms with Gasteiger partial charge in [-0.15, -0.1) is 0 Å². The van der Waals surface area contributed by atoms with E-state index in [9.17, 15) is 0 Å². The third-order valence-electron chi connectivity index (χ3n) is 3.96. The van der Waals surface area contributed by atoms with Gasteiger partial charge in [-0.2, -0.15) is 0 Å². The maximum Gasteiger partial charge on any atom is 0.189 e. The number of nitrogens with zero attached hydrogens (tertiary/aromatic N) is 1. The van der Waals surface area contributed by atoms with Gasteiger partial charge in [0.25, 0.3) is 0 Å². The number of hydrogen-bond acceptors (Lipinski definition) is 2. The van der Waals surface area contributed by atoms with Crippen LogP contribution in [-0.2, 0) is 17.9 Å². The number of guanidine groups is 1. The van der Waals surface area contributed by atoms with E-state index in [1.165, 1.54) is 43.2 Å². The summed E-state index contributed by atoms with van der Waals surface area (Å²) in [5, 5.41) is 3.35. The minimum absolute atomic E-state index is 0.501. The molecule has 0 aromatic heterocycles. The SMILES string of the molecule is CCOCc1ccccc1CN=C(N)NC1CCCCC1. The number of nitrogens with one attached hydrogen (secondary N) is 1. The molecule has 4 heteroatoms. The van der Waals surface area contributed by atoms with E-state index >= 15 is 0 Å². The van der Waals surface area contributed by atoms with Gasteiger partial charge in [0.1, 0.15) is 0 Å². The second-order valence-electron chi connectivity index (χ2n) is 5.59. The molecule has 0 aliphatic heterocycles. The molecule has 116 valence electrons. The largest absolute Gasteiger partial charge is 0.377 e. The van der Waals surface area contributed by atoms with Gasteiger partial charge in [-0.1, -0.05) is 43.5 Å². The summed E-state index contributed by atoms with van der Waals surface area (Å²) < 4.78 is 5.49. The first-order valence-electron chi connectivity index (χ1n) is 8.00. The van der Waals surface area contributed by atoms with Crippen molar-refractivity contribution in [2.45, 2.75) is 58.2 Å². The van der Waals surface area contributed by atoms with Gasteiger partial charge in [0.05, 0.1) is 13.2 Å². The fraction of sp³-hybridized carbons (Fsp3) is 0.588. The standard InChI is InChI=1S/C17H27N3O/c1-2-21-13-15-9-7-6-8-14(15)12-19-17(18)20-16-10-4-3-5-11-16/h6-9,16H,2-5,10-13H2,1H3,(H3,18,19,20). The molecule has 1 aliphatic rings. The van der Waals surface area contributed by atoms with Gasteiger partial charge in [-0.05, 0) is 30.9 Å². The molecule has 1 fully saturated rings. The molecule has 4 nitrogen and oxygen atoms in total. The minimum Gasteiger partial charge on any atom is -0.377 e. The van der Waals surface area contributed by atoms with Crippen molar-refractivity contribution in [3.8, 4) is 0 Å². The van der Waals surface area contributed by atoms with Crippen molar-refractivity contribution in [1.29, 1.82) is 0 Å². The van der Waals surface area contributed by atoms with Gasteiger partial charge in [-0.3, -0.25) is 0 Å². The molecule has 2 rings (SSSR count). The molecule has 0 unspecified atom stereocenters. The molecule has 21 heavy (non-hydrogen) atoms. The van der Waals surface area contributed by atoms with Crippen LogP contribution in [0.3, 0.4) is 0 Å². The molecule has 3 N–H and O–H groups in total. The molecule has 0 bridgehead atoms. The molecule has 1 saturated carbocycles. The Morgan fingerprint density at radius 3 is 2.67 bits per heavy atom. The third-order valence-corrected chi connectivity index (χ3v) is 3.96. The molecule has 0 radical (unpaired) electrons. The van der Waals surface area contributed by atoms with E-state index in [4.69, 9.17) is 10.5 Å². The number of ether oxygens (including phenoxy) is 1. The molecule has 0 saturated heterocycles. The molecule has 0 atom stereocenters. The first kappa shape index (κ1) is 15.8. The fourth-order valence-electron chi connectivity index (χ4n) is 2.74. The average molecular weight is 289 g/mol. The van der Waals surface area contributed by atoms with E-state index in [1.54, 1.807) is 0 Å². The van der Waals surface area contributed by atoms with E-state index in [-0.39, 0.29) is 0 Å². The first-order chi connectivity index (χ1) is 10.3. The lowest BCUT2D eigenvalue weighted by Gasteiger charge is -2.23. The Kier molecular flexibility index (Phi) is 6.54. The number of rotatable bonds is 6. The lowest BCUT2D eigenvalue weighted by Crippen LogP contribution is -2.41. The molecular formula is C17H27N3O. The first-order valence-corrected chi connectivity index (χ1v) is 8.00. The van der Waals surface area contributed by atoms with Crippen LogP contribution in [0.15, 0.2) is 29.3 Å². The quantitative estimate of drug-likeness (QED) is 0.625. The van der Waals surface area contributed by atoms with E-state index in [2.05, 4.69) is 22.4 Å². The summed E-state index contributed by atoms with van der Waals surface area (Å²) in [5.74, 6) is 0.563. The van der Waals surface area contributed by atoms with Crippen LogP contribution in [0.4, 0.5) is 0 Å². The molecule has 1 aliphatic carbocycles. The van der Waals surface area contributed by atoms with Gasteiger partial charge in [-0.25, -0.2) is 4.99 Å². The van der Waals surface area contributed by atoms with E-state index in [1.807, 2.05) is 19.1 Å². The zero-order valence-corrected chi connectivity index (χ0v) is 13.0. The Bertz CT molecular complexity index is 453. The highest BCUT2D eigenvalue weighted by molar-refractivity contribution is 5.78. The molecule has 0 heterocycles. The Balaban J connectivity index is 1.89. The number of nitrogens with two attached hydrogens (primary N) is 1. The minimum atomic E-state index is 0.501. The summed E-state index contributed by atoms with van der Waals surface area (Å²) in [6.07, 6.45) is 6.35. The van der Waals surface area contributed by atoms with Crippen molar-refractivity contribution < 1.29 is 4.74 Å². The summed E-state index contributed by atoms with van der Waals surface area (Å²) in [7, 11) is 0. The van der Waals surface area contributed by atoms with Crippen LogP contribution in [0.25, 0.3) is 0 Å². The van der Waals surface area contributed by atoms with E-state index in [0.717, 1.165) is 6.61 Å². The molecule has 0 spiro atoms. The Hall–Kier alpha value is -1.55. The number of aliphatic imine (C=N–C) groups is 1. The second-order valence-corrected chi connectivity index (χ2v) is 5.59. The van der Waals surface area contributed by atoms with Gasteiger partial charge in [0, 0.05) is 12.6 Å². The lowest BCUT2D eigenvalue weighted by molar-refractivity contribution is 0.133. The van der Waals surface area contributed by atoms with Crippen LogP contribution in [0.1, 0.15) is 50.2 Å². The van der Waals surface area contributed by atoms with Crippen molar-refractivity contribution in [3.63, 3.8) is 0 Å². The molecule has 0 amide bonds. The highest BCUT2D eigenvalue weighted by Gasteiger charge is 2.13. The van der Waals surface area contributed by atoms with Crippen LogP contribution in [0.5, 0.6) is 0 Å². The van der Waals surface area contributed by atoms with Crippen molar-refractivity contribution >= 4 is 5.96 Å². The molecule has 1 aromatic rings. The van der Waals surface area contributed by atoms with Crippen LogP contribution in [-0.4, -0.2) is 18.6 Å². The van der Waals surface area contributed by atoms with Crippen molar-refractivity contribution in [1.82, 2.24) is 5.32 Å². The number of hydrogen-bond donors (Lipinski definition) is 2. The monoisotopic (exact) mass is 289 g/mol. The zero-order valence-electron chi connectivity index (χ0n) is 13.0. The van der Waals surface area contributed by atoms with Crippen LogP contribution < -0.4 is 11.1 Å². The maximum absolute atomic E-state index is 6.01. The summed E-state index contributed by atoms with van der Waals surface area (Å²) >= 11 is 0. The highest BCUT2D eigenvalue weighted by Crippen LogP contribution is 2.17. The molecule has 1 aromatic carbocycles. The molecular weight excluding hydrogens is 262 g/mol. The van der Waals surface area contributed by atoms with Crippen molar-refractivity contribution in [2.75, 3.05) is 6.61 Å². The topological polar surface area (TPSA) is 59.6 Å². The van der Waals surface area contributed by atoms with Crippen LogP contribution in [0.2, 0.25) is 0 Å². The van der Waals surface area contributed by atoms with Crippen molar-refractivity contribution in [2.24, 2.45) is 10.7 Å². The second kappa shape index (κ2) is 8.67. The van der Waals surface area contributed by atoms with Gasteiger partial charge in [0.15, 0.2) is 5.96 Å².